The van der Waals surface area contributed by atoms with Crippen molar-refractivity contribution >= 4 is 28.2 Å². The van der Waals surface area contributed by atoms with Gasteiger partial charge in [0.05, 0.1) is 23.1 Å². The van der Waals surface area contributed by atoms with Gasteiger partial charge < -0.3 is 10.6 Å². The van der Waals surface area contributed by atoms with Crippen molar-refractivity contribution in [2.75, 3.05) is 10.6 Å². The van der Waals surface area contributed by atoms with Gasteiger partial charge in [-0.15, -0.1) is 0 Å². The number of rotatable bonds is 4. The average Bonchev–Trinajstić information content (AvgIpc) is 2.97. The first-order chi connectivity index (χ1) is 13.3. The number of nitrogens with one attached hydrogen (secondary N) is 2. The Morgan fingerprint density at radius 1 is 0.926 bits per heavy atom. The number of benzene rings is 1. The molecule has 0 atom stereocenters. The van der Waals surface area contributed by atoms with Gasteiger partial charge in [0.1, 0.15) is 5.69 Å². The Hall–Kier alpha value is -2.95. The van der Waals surface area contributed by atoms with Crippen LogP contribution in [-0.4, -0.2) is 21.9 Å². The van der Waals surface area contributed by atoms with Crippen LogP contribution in [0.3, 0.4) is 0 Å². The Bertz CT molecular complexity index is 910. The third kappa shape index (κ3) is 4.25. The largest absolute Gasteiger partial charge is 0.381 e. The number of carbonyl (C=O) groups excluding carboxylic acids is 1. The minimum absolute atomic E-state index is 0.228. The third-order valence-corrected chi connectivity index (χ3v) is 5.10. The SMILES string of the molecule is O=C(Nc1cccc2cccnc12)c1ccc(NC2CCCCCC2)cn1. The molecule has 3 aromatic rings. The Morgan fingerprint density at radius 3 is 2.52 bits per heavy atom. The Balaban J connectivity index is 1.44. The van der Waals surface area contributed by atoms with E-state index in [4.69, 9.17) is 0 Å². The highest BCUT2D eigenvalue weighted by atomic mass is 16.1. The molecule has 0 aliphatic heterocycles. The molecule has 138 valence electrons. The molecule has 1 aliphatic rings. The molecule has 2 heterocycles. The highest BCUT2D eigenvalue weighted by Gasteiger charge is 2.13. The fraction of sp³-hybridized carbons (Fsp3) is 0.318. The van der Waals surface area contributed by atoms with E-state index < -0.39 is 0 Å². The number of anilines is 2. The van der Waals surface area contributed by atoms with E-state index in [9.17, 15) is 4.79 Å². The number of aromatic nitrogens is 2. The summed E-state index contributed by atoms with van der Waals surface area (Å²) in [5, 5.41) is 7.47. The quantitative estimate of drug-likeness (QED) is 0.641. The van der Waals surface area contributed by atoms with Gasteiger partial charge in [0.25, 0.3) is 5.91 Å². The zero-order valence-electron chi connectivity index (χ0n) is 15.3. The summed E-state index contributed by atoms with van der Waals surface area (Å²) in [5.74, 6) is -0.228. The van der Waals surface area contributed by atoms with Crippen molar-refractivity contribution in [3.63, 3.8) is 0 Å². The molecule has 2 N–H and O–H groups in total. The number of carbonyl (C=O) groups is 1. The van der Waals surface area contributed by atoms with Crippen molar-refractivity contribution in [2.24, 2.45) is 0 Å². The lowest BCUT2D eigenvalue weighted by molar-refractivity contribution is 0.102. The molecular formula is C22H24N4O. The van der Waals surface area contributed by atoms with E-state index >= 15 is 0 Å². The molecule has 2 aromatic heterocycles. The van der Waals surface area contributed by atoms with E-state index in [-0.39, 0.29) is 5.91 Å². The molecule has 5 nitrogen and oxygen atoms in total. The maximum Gasteiger partial charge on any atom is 0.274 e. The topological polar surface area (TPSA) is 66.9 Å². The maximum atomic E-state index is 12.6. The molecule has 0 radical (unpaired) electrons. The average molecular weight is 360 g/mol. The molecule has 5 heteroatoms. The van der Waals surface area contributed by atoms with Crippen LogP contribution in [0.2, 0.25) is 0 Å². The zero-order chi connectivity index (χ0) is 18.5. The summed E-state index contributed by atoms with van der Waals surface area (Å²) in [6.07, 6.45) is 11.1. The second-order valence-electron chi connectivity index (χ2n) is 7.10. The lowest BCUT2D eigenvalue weighted by Gasteiger charge is -2.17. The van der Waals surface area contributed by atoms with Crippen molar-refractivity contribution in [1.82, 2.24) is 9.97 Å². The minimum Gasteiger partial charge on any atom is -0.381 e. The third-order valence-electron chi connectivity index (χ3n) is 5.10. The van der Waals surface area contributed by atoms with Crippen LogP contribution in [0.4, 0.5) is 11.4 Å². The van der Waals surface area contributed by atoms with Crippen molar-refractivity contribution in [2.45, 2.75) is 44.6 Å². The van der Waals surface area contributed by atoms with Gasteiger partial charge in [-0.2, -0.15) is 0 Å². The number of nitrogens with zero attached hydrogens (tertiary/aromatic N) is 2. The molecule has 27 heavy (non-hydrogen) atoms. The molecule has 0 saturated heterocycles. The molecular weight excluding hydrogens is 336 g/mol. The van der Waals surface area contributed by atoms with Gasteiger partial charge in [-0.05, 0) is 37.1 Å². The summed E-state index contributed by atoms with van der Waals surface area (Å²) in [6.45, 7) is 0. The first kappa shape index (κ1) is 17.5. The van der Waals surface area contributed by atoms with Gasteiger partial charge in [0, 0.05) is 17.6 Å². The summed E-state index contributed by atoms with van der Waals surface area (Å²) in [6, 6.07) is 13.8. The normalized spacial score (nSPS) is 15.3. The minimum atomic E-state index is -0.228. The first-order valence-electron chi connectivity index (χ1n) is 9.67. The molecule has 4 rings (SSSR count). The Labute approximate surface area is 159 Å². The maximum absolute atomic E-state index is 12.6. The number of pyridine rings is 2. The number of amides is 1. The highest BCUT2D eigenvalue weighted by Crippen LogP contribution is 2.22. The standard InChI is InChI=1S/C22H24N4O/c27-22(26-19-11-5-7-16-8-6-14-23-21(16)19)20-13-12-18(15-24-20)25-17-9-3-1-2-4-10-17/h5-8,11-15,17,25H,1-4,9-10H2,(H,26,27). The second-order valence-corrected chi connectivity index (χ2v) is 7.10. The Kier molecular flexibility index (Phi) is 5.28. The summed E-state index contributed by atoms with van der Waals surface area (Å²) < 4.78 is 0. The van der Waals surface area contributed by atoms with Crippen LogP contribution in [0.1, 0.15) is 49.0 Å². The number of fused-ring (bicyclic) bond motifs is 1. The molecule has 1 fully saturated rings. The van der Waals surface area contributed by atoms with Crippen LogP contribution in [0.25, 0.3) is 10.9 Å². The van der Waals surface area contributed by atoms with Crippen molar-refractivity contribution in [3.05, 3.63) is 60.6 Å². The van der Waals surface area contributed by atoms with E-state index in [0.29, 0.717) is 17.4 Å². The van der Waals surface area contributed by atoms with E-state index in [0.717, 1.165) is 16.6 Å². The molecule has 1 aliphatic carbocycles. The second kappa shape index (κ2) is 8.16. The number of para-hydroxylation sites is 1. The van der Waals surface area contributed by atoms with Gasteiger partial charge >= 0.3 is 0 Å². The van der Waals surface area contributed by atoms with Crippen LogP contribution < -0.4 is 10.6 Å². The Morgan fingerprint density at radius 2 is 1.74 bits per heavy atom. The molecule has 1 saturated carbocycles. The van der Waals surface area contributed by atoms with E-state index in [1.54, 1.807) is 18.5 Å². The van der Waals surface area contributed by atoms with Crippen molar-refractivity contribution in [1.29, 1.82) is 0 Å². The number of hydrogen-bond acceptors (Lipinski definition) is 4. The smallest absolute Gasteiger partial charge is 0.274 e. The zero-order valence-corrected chi connectivity index (χ0v) is 15.3. The van der Waals surface area contributed by atoms with Crippen molar-refractivity contribution < 1.29 is 4.79 Å². The van der Waals surface area contributed by atoms with Gasteiger partial charge in [0.2, 0.25) is 0 Å². The summed E-state index contributed by atoms with van der Waals surface area (Å²) in [4.78, 5) is 21.3. The van der Waals surface area contributed by atoms with Crippen LogP contribution >= 0.6 is 0 Å². The van der Waals surface area contributed by atoms with E-state index in [2.05, 4.69) is 20.6 Å². The lowest BCUT2D eigenvalue weighted by atomic mass is 10.1. The fourth-order valence-electron chi connectivity index (χ4n) is 3.66. The lowest BCUT2D eigenvalue weighted by Crippen LogP contribution is -2.19. The van der Waals surface area contributed by atoms with Crippen molar-refractivity contribution in [3.8, 4) is 0 Å². The van der Waals surface area contributed by atoms with Gasteiger partial charge in [-0.25, -0.2) is 4.98 Å². The van der Waals surface area contributed by atoms with Gasteiger partial charge in [-0.3, -0.25) is 9.78 Å². The molecule has 0 bridgehead atoms. The highest BCUT2D eigenvalue weighted by molar-refractivity contribution is 6.07. The van der Waals surface area contributed by atoms with E-state index in [1.165, 1.54) is 38.5 Å². The fourth-order valence-corrected chi connectivity index (χ4v) is 3.66. The van der Waals surface area contributed by atoms with Crippen LogP contribution in [-0.2, 0) is 0 Å². The van der Waals surface area contributed by atoms with Gasteiger partial charge in [-0.1, -0.05) is 43.9 Å². The predicted molar refractivity (Wildman–Crippen MR) is 109 cm³/mol. The monoisotopic (exact) mass is 360 g/mol. The van der Waals surface area contributed by atoms with E-state index in [1.807, 2.05) is 36.4 Å². The van der Waals surface area contributed by atoms with Crippen LogP contribution in [0.5, 0.6) is 0 Å². The molecule has 0 spiro atoms. The van der Waals surface area contributed by atoms with Crippen LogP contribution in [0.15, 0.2) is 54.9 Å². The van der Waals surface area contributed by atoms with Crippen LogP contribution in [0, 0.1) is 0 Å². The number of hydrogen-bond donors (Lipinski definition) is 2. The van der Waals surface area contributed by atoms with Gasteiger partial charge in [0.15, 0.2) is 0 Å². The molecule has 1 aromatic carbocycles. The predicted octanol–water partition coefficient (Wildman–Crippen LogP) is 5.02. The summed E-state index contributed by atoms with van der Waals surface area (Å²) >= 11 is 0. The first-order valence-corrected chi connectivity index (χ1v) is 9.67. The summed E-state index contributed by atoms with van der Waals surface area (Å²) in [5.41, 5.74) is 2.85. The molecule has 0 unspecified atom stereocenters. The molecule has 1 amide bonds. The summed E-state index contributed by atoms with van der Waals surface area (Å²) in [7, 11) is 0.